The molecule has 0 aliphatic carbocycles. The van der Waals surface area contributed by atoms with Crippen molar-refractivity contribution in [2.24, 2.45) is 0 Å². The third-order valence-corrected chi connectivity index (χ3v) is 7.27. The fraction of sp³-hybridized carbons (Fsp3) is 0.115. The Hall–Kier alpha value is -3.73. The topological polar surface area (TPSA) is 114 Å². The third kappa shape index (κ3) is 7.39. The second kappa shape index (κ2) is 12.0. The van der Waals surface area contributed by atoms with Crippen molar-refractivity contribution in [1.82, 2.24) is 4.98 Å². The largest absolute Gasteiger partial charge is 0.326 e. The Kier molecular flexibility index (Phi) is 8.54. The molecule has 0 aliphatic heterocycles. The van der Waals surface area contributed by atoms with E-state index in [1.165, 1.54) is 35.2 Å². The predicted octanol–water partition coefficient (Wildman–Crippen LogP) is 6.67. The number of nitro groups is 1. The van der Waals surface area contributed by atoms with Crippen molar-refractivity contribution in [3.05, 3.63) is 98.9 Å². The first-order chi connectivity index (χ1) is 17.8. The van der Waals surface area contributed by atoms with Crippen LogP contribution in [0.5, 0.6) is 0 Å². The zero-order chi connectivity index (χ0) is 26.4. The number of thiazole rings is 1. The highest BCUT2D eigenvalue weighted by atomic mass is 35.5. The Morgan fingerprint density at radius 2 is 1.84 bits per heavy atom. The Bertz CT molecular complexity index is 1440. The SMILES string of the molecule is CC(Sc1cccc(NC(=O)Cc2ccc(Cl)cc2)c1)C(=O)Nc1nc(-c2cccc([N+](=O)[O-])c2)cs1. The van der Waals surface area contributed by atoms with Crippen LogP contribution in [0.3, 0.4) is 0 Å². The molecule has 0 radical (unpaired) electrons. The number of carbonyl (C=O) groups is 2. The standard InChI is InChI=1S/C26H21ClN4O4S2/c1-16(25(33)30-26-29-23(15-36-26)18-4-2-6-21(13-18)31(34)35)37-22-7-3-5-20(14-22)28-24(32)12-17-8-10-19(27)11-9-17/h2-11,13-16H,12H2,1H3,(H,28,32)(H,29,30,33). The number of non-ortho nitro benzene ring substituents is 1. The number of benzene rings is 3. The van der Waals surface area contributed by atoms with E-state index in [0.29, 0.717) is 27.1 Å². The van der Waals surface area contributed by atoms with E-state index in [1.807, 2.05) is 30.3 Å². The van der Waals surface area contributed by atoms with Crippen molar-refractivity contribution in [3.8, 4) is 11.3 Å². The fourth-order valence-corrected chi connectivity index (χ4v) is 5.12. The molecule has 8 nitrogen and oxygen atoms in total. The molecule has 1 heterocycles. The first-order valence-corrected chi connectivity index (χ1v) is 13.2. The van der Waals surface area contributed by atoms with Gasteiger partial charge in [0.1, 0.15) is 0 Å². The van der Waals surface area contributed by atoms with Crippen LogP contribution in [-0.4, -0.2) is 27.0 Å². The molecule has 0 aliphatic rings. The van der Waals surface area contributed by atoms with Gasteiger partial charge < -0.3 is 10.6 Å². The minimum absolute atomic E-state index is 0.0236. The van der Waals surface area contributed by atoms with Crippen molar-refractivity contribution in [2.45, 2.75) is 23.5 Å². The monoisotopic (exact) mass is 552 g/mol. The van der Waals surface area contributed by atoms with Crippen LogP contribution in [0.2, 0.25) is 5.02 Å². The van der Waals surface area contributed by atoms with Gasteiger partial charge in [0.05, 0.1) is 22.3 Å². The molecule has 0 saturated carbocycles. The summed E-state index contributed by atoms with van der Waals surface area (Å²) >= 11 is 8.49. The smallest absolute Gasteiger partial charge is 0.270 e. The first-order valence-electron chi connectivity index (χ1n) is 11.1. The number of hydrogen-bond acceptors (Lipinski definition) is 7. The van der Waals surface area contributed by atoms with Crippen molar-refractivity contribution >= 4 is 63.0 Å². The maximum Gasteiger partial charge on any atom is 0.270 e. The Morgan fingerprint density at radius 3 is 2.59 bits per heavy atom. The minimum atomic E-state index is -0.461. The van der Waals surface area contributed by atoms with Crippen molar-refractivity contribution in [2.75, 3.05) is 10.6 Å². The zero-order valence-electron chi connectivity index (χ0n) is 19.5. The highest BCUT2D eigenvalue weighted by Gasteiger charge is 2.17. The summed E-state index contributed by atoms with van der Waals surface area (Å²) in [6.07, 6.45) is 0.222. The van der Waals surface area contributed by atoms with E-state index in [9.17, 15) is 19.7 Å². The van der Waals surface area contributed by atoms with Gasteiger partial charge in [0.2, 0.25) is 11.8 Å². The highest BCUT2D eigenvalue weighted by Crippen LogP contribution is 2.30. The molecule has 1 aromatic heterocycles. The van der Waals surface area contributed by atoms with Crippen LogP contribution in [0.4, 0.5) is 16.5 Å². The van der Waals surface area contributed by atoms with Crippen LogP contribution in [-0.2, 0) is 16.0 Å². The summed E-state index contributed by atoms with van der Waals surface area (Å²) in [6, 6.07) is 20.6. The van der Waals surface area contributed by atoms with Crippen molar-refractivity contribution < 1.29 is 14.5 Å². The van der Waals surface area contributed by atoms with Crippen LogP contribution in [0.25, 0.3) is 11.3 Å². The number of nitrogens with zero attached hydrogens (tertiary/aromatic N) is 2. The normalized spacial score (nSPS) is 11.5. The van der Waals surface area contributed by atoms with Gasteiger partial charge in [-0.1, -0.05) is 41.9 Å². The summed E-state index contributed by atoms with van der Waals surface area (Å²) in [5.41, 5.74) is 2.62. The van der Waals surface area contributed by atoms with Crippen molar-refractivity contribution in [1.29, 1.82) is 0 Å². The van der Waals surface area contributed by atoms with Gasteiger partial charge in [-0.2, -0.15) is 0 Å². The molecule has 0 spiro atoms. The number of nitrogens with one attached hydrogen (secondary N) is 2. The summed E-state index contributed by atoms with van der Waals surface area (Å²) in [6.45, 7) is 1.78. The van der Waals surface area contributed by atoms with Gasteiger partial charge in [-0.25, -0.2) is 4.98 Å². The Morgan fingerprint density at radius 1 is 1.08 bits per heavy atom. The second-order valence-corrected chi connectivity index (χ2v) is 10.7. The Labute approximate surface area is 226 Å². The van der Waals surface area contributed by atoms with Gasteiger partial charge in [-0.05, 0) is 42.8 Å². The van der Waals surface area contributed by atoms with Gasteiger partial charge in [0.15, 0.2) is 5.13 Å². The summed E-state index contributed by atoms with van der Waals surface area (Å²) in [7, 11) is 0. The second-order valence-electron chi connectivity index (χ2n) is 7.97. The molecule has 0 bridgehead atoms. The predicted molar refractivity (Wildman–Crippen MR) is 148 cm³/mol. The third-order valence-electron chi connectivity index (χ3n) is 5.16. The number of hydrogen-bond donors (Lipinski definition) is 2. The fourth-order valence-electron chi connectivity index (χ4n) is 3.35. The van der Waals surface area contributed by atoms with Crippen LogP contribution >= 0.6 is 34.7 Å². The van der Waals surface area contributed by atoms with E-state index in [2.05, 4.69) is 15.6 Å². The Balaban J connectivity index is 1.33. The van der Waals surface area contributed by atoms with Gasteiger partial charge in [0.25, 0.3) is 5.69 Å². The lowest BCUT2D eigenvalue weighted by Crippen LogP contribution is -2.22. The molecule has 2 amide bonds. The highest BCUT2D eigenvalue weighted by molar-refractivity contribution is 8.00. The number of amides is 2. The van der Waals surface area contributed by atoms with E-state index in [-0.39, 0.29) is 23.9 Å². The van der Waals surface area contributed by atoms with Crippen molar-refractivity contribution in [3.63, 3.8) is 0 Å². The molecule has 1 atom stereocenters. The zero-order valence-corrected chi connectivity index (χ0v) is 21.9. The number of rotatable bonds is 9. The lowest BCUT2D eigenvalue weighted by atomic mass is 10.1. The van der Waals surface area contributed by atoms with E-state index >= 15 is 0 Å². The molecule has 4 rings (SSSR count). The van der Waals surface area contributed by atoms with E-state index in [1.54, 1.807) is 42.6 Å². The van der Waals surface area contributed by atoms with Crippen LogP contribution < -0.4 is 10.6 Å². The van der Waals surface area contributed by atoms with Crippen LogP contribution in [0.15, 0.2) is 83.1 Å². The quantitative estimate of drug-likeness (QED) is 0.136. The van der Waals surface area contributed by atoms with E-state index in [0.717, 1.165) is 10.5 Å². The molecular formula is C26H21ClN4O4S2. The summed E-state index contributed by atoms with van der Waals surface area (Å²) in [4.78, 5) is 41.0. The lowest BCUT2D eigenvalue weighted by Gasteiger charge is -2.12. The van der Waals surface area contributed by atoms with Gasteiger partial charge >= 0.3 is 0 Å². The molecule has 0 fully saturated rings. The van der Waals surface area contributed by atoms with Gasteiger partial charge in [-0.15, -0.1) is 23.1 Å². The van der Waals surface area contributed by atoms with Gasteiger partial charge in [-0.3, -0.25) is 19.7 Å². The number of aromatic nitrogens is 1. The number of halogens is 1. The molecule has 11 heteroatoms. The maximum absolute atomic E-state index is 12.8. The molecule has 4 aromatic rings. The molecule has 37 heavy (non-hydrogen) atoms. The molecule has 188 valence electrons. The van der Waals surface area contributed by atoms with Crippen LogP contribution in [0, 0.1) is 10.1 Å². The molecule has 3 aromatic carbocycles. The molecule has 2 N–H and O–H groups in total. The summed E-state index contributed by atoms with van der Waals surface area (Å²) in [5.74, 6) is -0.388. The molecule has 1 unspecified atom stereocenters. The summed E-state index contributed by atoms with van der Waals surface area (Å²) in [5, 5.41) is 19.0. The first kappa shape index (κ1) is 26.3. The molecule has 0 saturated heterocycles. The lowest BCUT2D eigenvalue weighted by molar-refractivity contribution is -0.384. The average molecular weight is 553 g/mol. The average Bonchev–Trinajstić information content (AvgIpc) is 3.34. The number of thioether (sulfide) groups is 1. The minimum Gasteiger partial charge on any atom is -0.326 e. The molecular weight excluding hydrogens is 532 g/mol. The van der Waals surface area contributed by atoms with Crippen LogP contribution in [0.1, 0.15) is 12.5 Å². The maximum atomic E-state index is 12.8. The summed E-state index contributed by atoms with van der Waals surface area (Å²) < 4.78 is 0. The number of carbonyl (C=O) groups excluding carboxylic acids is 2. The number of nitro benzene ring substituents is 1. The van der Waals surface area contributed by atoms with Gasteiger partial charge in [0, 0.05) is 38.7 Å². The van der Waals surface area contributed by atoms with E-state index < -0.39 is 10.2 Å². The number of anilines is 2. The van der Waals surface area contributed by atoms with E-state index in [4.69, 9.17) is 11.6 Å².